The van der Waals surface area contributed by atoms with Crippen molar-refractivity contribution >= 4 is 34.9 Å². The van der Waals surface area contributed by atoms with E-state index in [1.165, 1.54) is 30.3 Å². The Morgan fingerprint density at radius 3 is 1.88 bits per heavy atom. The lowest BCUT2D eigenvalue weighted by molar-refractivity contribution is -0.143. The number of hydrogen-bond donors (Lipinski definition) is 2. The fourth-order valence-corrected chi connectivity index (χ4v) is 3.77. The third-order valence-electron chi connectivity index (χ3n) is 5.50. The lowest BCUT2D eigenvalue weighted by Gasteiger charge is -2.24. The first-order valence-electron chi connectivity index (χ1n) is 11.5. The third kappa shape index (κ3) is 8.77. The number of nitrogens with zero attached hydrogens (tertiary/aromatic N) is 1. The van der Waals surface area contributed by atoms with E-state index in [0.29, 0.717) is 0 Å². The van der Waals surface area contributed by atoms with Gasteiger partial charge in [0.2, 0.25) is 0 Å². The van der Waals surface area contributed by atoms with Gasteiger partial charge in [-0.05, 0) is 61.0 Å². The van der Waals surface area contributed by atoms with Crippen molar-refractivity contribution in [3.8, 4) is 0 Å². The predicted molar refractivity (Wildman–Crippen MR) is 133 cm³/mol. The predicted octanol–water partition coefficient (Wildman–Crippen LogP) is 8.26. The third-order valence-corrected chi connectivity index (χ3v) is 5.74. The topological polar surface area (TPSA) is 61.4 Å². The van der Waals surface area contributed by atoms with Crippen molar-refractivity contribution in [2.75, 3.05) is 23.3 Å². The number of nitrogens with one attached hydrogen (secondary N) is 2. The molecular formula is C26H19ClF9N3O2. The maximum atomic E-state index is 13.3. The molecule has 3 amide bonds. The number of benzene rings is 3. The fraction of sp³-hybridized carbons (Fsp3) is 0.231. The van der Waals surface area contributed by atoms with Crippen molar-refractivity contribution in [1.29, 1.82) is 0 Å². The van der Waals surface area contributed by atoms with E-state index >= 15 is 0 Å². The number of rotatable bonds is 7. The van der Waals surface area contributed by atoms with Gasteiger partial charge in [-0.15, -0.1) is 0 Å². The van der Waals surface area contributed by atoms with Crippen molar-refractivity contribution in [1.82, 2.24) is 5.32 Å². The minimum Gasteiger partial charge on any atom is -0.352 e. The number of carbonyl (C=O) groups is 2. The highest BCUT2D eigenvalue weighted by Crippen LogP contribution is 2.36. The van der Waals surface area contributed by atoms with E-state index in [4.69, 9.17) is 11.6 Å². The summed E-state index contributed by atoms with van der Waals surface area (Å²) in [5, 5.41) is 4.91. The smallest absolute Gasteiger partial charge is 0.352 e. The zero-order valence-electron chi connectivity index (χ0n) is 20.5. The van der Waals surface area contributed by atoms with Crippen LogP contribution in [0.2, 0.25) is 5.02 Å². The van der Waals surface area contributed by atoms with Gasteiger partial charge in [-0.25, -0.2) is 4.79 Å². The summed E-state index contributed by atoms with van der Waals surface area (Å²) in [6.07, 6.45) is -15.2. The number of hydrogen-bond acceptors (Lipinski definition) is 2. The van der Waals surface area contributed by atoms with Crippen LogP contribution in [-0.2, 0) is 18.5 Å². The molecule has 0 aliphatic heterocycles. The molecule has 0 aliphatic carbocycles. The Balaban J connectivity index is 1.77. The average molecular weight is 612 g/mol. The van der Waals surface area contributed by atoms with Gasteiger partial charge in [0, 0.05) is 35.1 Å². The summed E-state index contributed by atoms with van der Waals surface area (Å²) in [4.78, 5) is 26.3. The monoisotopic (exact) mass is 611 g/mol. The van der Waals surface area contributed by atoms with E-state index in [1.807, 2.05) is 0 Å². The average Bonchev–Trinajstić information content (AvgIpc) is 2.86. The van der Waals surface area contributed by atoms with Gasteiger partial charge in [0.25, 0.3) is 5.91 Å². The van der Waals surface area contributed by atoms with Crippen LogP contribution in [0.4, 0.5) is 55.7 Å². The molecule has 0 aliphatic rings. The van der Waals surface area contributed by atoms with Gasteiger partial charge in [-0.3, -0.25) is 9.69 Å². The molecule has 0 aromatic heterocycles. The maximum Gasteiger partial charge on any atom is 0.416 e. The van der Waals surface area contributed by atoms with Crippen molar-refractivity contribution in [2.24, 2.45) is 0 Å². The van der Waals surface area contributed by atoms with Gasteiger partial charge in [0.1, 0.15) is 0 Å². The highest BCUT2D eigenvalue weighted by atomic mass is 35.5. The summed E-state index contributed by atoms with van der Waals surface area (Å²) in [6, 6.07) is 9.24. The molecule has 0 atom stereocenters. The number of urea groups is 1. The number of halogens is 10. The highest BCUT2D eigenvalue weighted by molar-refractivity contribution is 6.30. The van der Waals surface area contributed by atoms with Gasteiger partial charge in [-0.1, -0.05) is 23.7 Å². The summed E-state index contributed by atoms with van der Waals surface area (Å²) in [7, 11) is 0. The van der Waals surface area contributed by atoms with Crippen molar-refractivity contribution in [3.63, 3.8) is 0 Å². The van der Waals surface area contributed by atoms with E-state index in [2.05, 4.69) is 10.6 Å². The molecule has 41 heavy (non-hydrogen) atoms. The summed E-state index contributed by atoms with van der Waals surface area (Å²) < 4.78 is 118. The van der Waals surface area contributed by atoms with Crippen molar-refractivity contribution in [2.45, 2.75) is 24.9 Å². The largest absolute Gasteiger partial charge is 0.416 e. The first kappa shape index (κ1) is 31.6. The van der Waals surface area contributed by atoms with Crippen LogP contribution in [0, 0.1) is 0 Å². The van der Waals surface area contributed by atoms with Crippen LogP contribution in [-0.4, -0.2) is 25.0 Å². The molecule has 3 aromatic carbocycles. The summed E-state index contributed by atoms with van der Waals surface area (Å²) in [6.45, 7) is -0.652. The van der Waals surface area contributed by atoms with Crippen molar-refractivity contribution < 1.29 is 49.1 Å². The molecule has 5 nitrogen and oxygen atoms in total. The van der Waals surface area contributed by atoms with Crippen molar-refractivity contribution in [3.05, 3.63) is 94.0 Å². The summed E-state index contributed by atoms with van der Waals surface area (Å²) in [5.74, 6) is -1.25. The molecule has 0 unspecified atom stereocenters. The Bertz CT molecular complexity index is 1370. The molecule has 0 radical (unpaired) electrons. The Morgan fingerprint density at radius 2 is 1.32 bits per heavy atom. The molecule has 0 heterocycles. The van der Waals surface area contributed by atoms with Crippen LogP contribution in [0.15, 0.2) is 66.7 Å². The first-order chi connectivity index (χ1) is 18.9. The molecule has 0 bridgehead atoms. The summed E-state index contributed by atoms with van der Waals surface area (Å²) >= 11 is 5.89. The van der Waals surface area contributed by atoms with Crippen LogP contribution in [0.25, 0.3) is 0 Å². The molecule has 15 heteroatoms. The van der Waals surface area contributed by atoms with Crippen LogP contribution in [0.3, 0.4) is 0 Å². The fourth-order valence-electron chi connectivity index (χ4n) is 3.58. The van der Waals surface area contributed by atoms with Gasteiger partial charge < -0.3 is 10.6 Å². The maximum absolute atomic E-state index is 13.3. The molecule has 0 fully saturated rings. The quantitative estimate of drug-likeness (QED) is 0.209. The van der Waals surface area contributed by atoms with E-state index in [9.17, 15) is 49.1 Å². The Morgan fingerprint density at radius 1 is 0.732 bits per heavy atom. The number of anilines is 2. The minimum absolute atomic E-state index is 0.123. The molecule has 220 valence electrons. The molecule has 3 aromatic rings. The van der Waals surface area contributed by atoms with Gasteiger partial charge >= 0.3 is 24.6 Å². The van der Waals surface area contributed by atoms with E-state index in [1.54, 1.807) is 0 Å². The Hall–Kier alpha value is -3.94. The first-order valence-corrected chi connectivity index (χ1v) is 11.9. The molecule has 0 saturated heterocycles. The lowest BCUT2D eigenvalue weighted by Crippen LogP contribution is -2.37. The van der Waals surface area contributed by atoms with Crippen LogP contribution < -0.4 is 15.5 Å². The number of alkyl halides is 9. The summed E-state index contributed by atoms with van der Waals surface area (Å²) in [5.41, 5.74) is -5.25. The lowest BCUT2D eigenvalue weighted by atomic mass is 10.0. The highest BCUT2D eigenvalue weighted by Gasteiger charge is 2.37. The molecular weight excluding hydrogens is 593 g/mol. The normalized spacial score (nSPS) is 12.1. The standard InChI is InChI=1S/C26H19ClF9N3O2/c27-19-5-2-6-20(14-19)38-23(41)39(21-7-1-4-16(13-21)24(28,29)30)9-3-8-37-22(40)15-10-17(25(31,32)33)12-18(11-15)26(34,35)36/h1-2,4-7,10-14H,3,8-9H2,(H,37,40)(H,38,41). The van der Waals surface area contributed by atoms with Gasteiger partial charge in [0.05, 0.1) is 16.7 Å². The second-order valence-electron chi connectivity index (χ2n) is 8.54. The zero-order valence-corrected chi connectivity index (χ0v) is 21.3. The molecule has 0 saturated carbocycles. The van der Waals surface area contributed by atoms with Crippen LogP contribution >= 0.6 is 11.6 Å². The molecule has 3 rings (SSSR count). The SMILES string of the molecule is O=C(NCCCN(C(=O)Nc1cccc(Cl)c1)c1cccc(C(F)(F)F)c1)c1cc(C(F)(F)F)cc(C(F)(F)F)c1. The van der Waals surface area contributed by atoms with Crippen LogP contribution in [0.5, 0.6) is 0 Å². The zero-order chi connectivity index (χ0) is 30.6. The number of carbonyl (C=O) groups excluding carboxylic acids is 2. The second kappa shape index (κ2) is 12.3. The van der Waals surface area contributed by atoms with E-state index in [-0.39, 0.29) is 54.1 Å². The Labute approximate surface area is 231 Å². The molecule has 2 N–H and O–H groups in total. The Kier molecular flexibility index (Phi) is 9.47. The van der Waals surface area contributed by atoms with Gasteiger partial charge in [0.15, 0.2) is 0 Å². The van der Waals surface area contributed by atoms with E-state index in [0.717, 1.165) is 23.1 Å². The minimum atomic E-state index is -5.15. The molecule has 0 spiro atoms. The van der Waals surface area contributed by atoms with Crippen LogP contribution in [0.1, 0.15) is 33.5 Å². The second-order valence-corrected chi connectivity index (χ2v) is 8.98. The number of amides is 3. The van der Waals surface area contributed by atoms with E-state index < -0.39 is 52.7 Å². The van der Waals surface area contributed by atoms with Gasteiger partial charge in [-0.2, -0.15) is 39.5 Å².